The molecule has 0 bridgehead atoms. The molecule has 6 rings (SSSR count). The van der Waals surface area contributed by atoms with Crippen molar-refractivity contribution in [2.45, 2.75) is 91.0 Å². The molecule has 0 radical (unpaired) electrons. The summed E-state index contributed by atoms with van der Waals surface area (Å²) in [6.45, 7) is 18.9. The highest BCUT2D eigenvalue weighted by molar-refractivity contribution is 5.88. The highest BCUT2D eigenvalue weighted by Gasteiger charge is 2.50. The van der Waals surface area contributed by atoms with E-state index in [0.29, 0.717) is 0 Å². The summed E-state index contributed by atoms with van der Waals surface area (Å²) in [4.78, 5) is 4.82. The smallest absolute Gasteiger partial charge is 0.261 e. The van der Waals surface area contributed by atoms with Crippen molar-refractivity contribution in [2.75, 3.05) is 0 Å². The van der Waals surface area contributed by atoms with E-state index in [4.69, 9.17) is 4.98 Å². The van der Waals surface area contributed by atoms with Crippen molar-refractivity contribution in [3.63, 3.8) is 0 Å². The van der Waals surface area contributed by atoms with E-state index in [9.17, 15) is 0 Å². The zero-order chi connectivity index (χ0) is 26.3. The molecule has 0 fully saturated rings. The van der Waals surface area contributed by atoms with Crippen LogP contribution >= 0.6 is 0 Å². The SMILES string of the molecule is CCC1(CC)C=Cc2cc(C)ncc2-c2n(-c3ccccc3)c3c4c(c(C)cc3[n+]21)C(C)(C)CC4(C)C. The number of para-hydroxylation sites is 1. The fourth-order valence-corrected chi connectivity index (χ4v) is 7.87. The van der Waals surface area contributed by atoms with E-state index in [0.717, 1.165) is 25.0 Å². The maximum absolute atomic E-state index is 4.82. The summed E-state index contributed by atoms with van der Waals surface area (Å²) in [5.41, 5.74) is 12.0. The van der Waals surface area contributed by atoms with Crippen molar-refractivity contribution in [2.24, 2.45) is 0 Å². The molecule has 0 unspecified atom stereocenters. The Morgan fingerprint density at radius 1 is 0.919 bits per heavy atom. The second-order valence-corrected chi connectivity index (χ2v) is 12.6. The summed E-state index contributed by atoms with van der Waals surface area (Å²) in [6, 6.07) is 15.7. The van der Waals surface area contributed by atoms with Gasteiger partial charge < -0.3 is 0 Å². The normalized spacial score (nSPS) is 18.4. The molecule has 3 heteroatoms. The van der Waals surface area contributed by atoms with E-state index in [1.54, 1.807) is 0 Å². The van der Waals surface area contributed by atoms with Gasteiger partial charge in [0.2, 0.25) is 0 Å². The molecular formula is C34H40N3+. The molecule has 1 aliphatic carbocycles. The van der Waals surface area contributed by atoms with Gasteiger partial charge in [-0.05, 0) is 91.0 Å². The van der Waals surface area contributed by atoms with Gasteiger partial charge in [-0.2, -0.15) is 4.57 Å². The first-order valence-corrected chi connectivity index (χ1v) is 13.9. The van der Waals surface area contributed by atoms with Crippen LogP contribution in [-0.2, 0) is 16.4 Å². The first-order valence-electron chi connectivity index (χ1n) is 13.9. The molecule has 0 atom stereocenters. The van der Waals surface area contributed by atoms with Gasteiger partial charge in [-0.25, -0.2) is 4.57 Å². The van der Waals surface area contributed by atoms with Crippen LogP contribution in [0.2, 0.25) is 0 Å². The van der Waals surface area contributed by atoms with Crippen LogP contribution in [0.5, 0.6) is 0 Å². The third-order valence-corrected chi connectivity index (χ3v) is 9.17. The molecule has 0 saturated carbocycles. The van der Waals surface area contributed by atoms with Gasteiger partial charge in [-0.15, -0.1) is 0 Å². The molecule has 3 heterocycles. The van der Waals surface area contributed by atoms with Crippen LogP contribution in [0.4, 0.5) is 0 Å². The van der Waals surface area contributed by atoms with E-state index < -0.39 is 0 Å². The van der Waals surface area contributed by atoms with Gasteiger partial charge in [-0.1, -0.05) is 65.8 Å². The van der Waals surface area contributed by atoms with E-state index >= 15 is 0 Å². The Kier molecular flexibility index (Phi) is 5.16. The quantitative estimate of drug-likeness (QED) is 0.266. The Morgan fingerprint density at radius 2 is 1.59 bits per heavy atom. The molecule has 1 aliphatic heterocycles. The zero-order valence-electron chi connectivity index (χ0n) is 23.7. The summed E-state index contributed by atoms with van der Waals surface area (Å²) >= 11 is 0. The molecule has 0 saturated heterocycles. The number of nitrogens with zero attached hydrogens (tertiary/aromatic N) is 3. The predicted octanol–water partition coefficient (Wildman–Crippen LogP) is 8.10. The number of aryl methyl sites for hydroxylation is 2. The number of rotatable bonds is 3. The van der Waals surface area contributed by atoms with Crippen LogP contribution in [0, 0.1) is 13.8 Å². The number of hydrogen-bond donors (Lipinski definition) is 0. The second-order valence-electron chi connectivity index (χ2n) is 12.6. The molecule has 0 amide bonds. The number of aromatic nitrogens is 3. The van der Waals surface area contributed by atoms with Crippen molar-refractivity contribution in [1.82, 2.24) is 9.55 Å². The molecule has 190 valence electrons. The number of pyridine rings is 1. The Bertz CT molecular complexity index is 1580. The summed E-state index contributed by atoms with van der Waals surface area (Å²) in [5, 5.41) is 0. The zero-order valence-corrected chi connectivity index (χ0v) is 23.7. The number of fused-ring (bicyclic) bond motifs is 7. The maximum Gasteiger partial charge on any atom is 0.298 e. The summed E-state index contributed by atoms with van der Waals surface area (Å²) in [5.74, 6) is 1.24. The third kappa shape index (κ3) is 3.25. The van der Waals surface area contributed by atoms with Gasteiger partial charge in [-0.3, -0.25) is 4.98 Å². The van der Waals surface area contributed by atoms with Gasteiger partial charge in [0.25, 0.3) is 5.82 Å². The number of allylic oxidation sites excluding steroid dienone is 1. The van der Waals surface area contributed by atoms with Crippen molar-refractivity contribution in [1.29, 1.82) is 0 Å². The van der Waals surface area contributed by atoms with Crippen LogP contribution in [-0.4, -0.2) is 9.55 Å². The lowest BCUT2D eigenvalue weighted by molar-refractivity contribution is -0.720. The fraction of sp³-hybridized carbons (Fsp3) is 0.412. The lowest BCUT2D eigenvalue weighted by atomic mass is 9.81. The van der Waals surface area contributed by atoms with Gasteiger partial charge in [0.1, 0.15) is 11.2 Å². The van der Waals surface area contributed by atoms with Crippen molar-refractivity contribution in [3.8, 4) is 17.1 Å². The standard InChI is InChI=1S/C34H40N3/c1-9-34(10-2)17-16-24-19-23(4)35-20-26(24)31-36(25-14-12-11-13-15-25)30-27(37(31)34)18-22(3)28-29(30)33(7,8)21-32(28,5)6/h11-20H,9-10,21H2,1-8H3/q+1. The molecule has 2 aromatic heterocycles. The fourth-order valence-electron chi connectivity index (χ4n) is 7.87. The summed E-state index contributed by atoms with van der Waals surface area (Å²) in [6.07, 6.45) is 10.1. The van der Waals surface area contributed by atoms with Crippen LogP contribution in [0.15, 0.2) is 54.7 Å². The Balaban J connectivity index is 1.93. The molecule has 0 spiro atoms. The van der Waals surface area contributed by atoms with Crippen LogP contribution < -0.4 is 4.57 Å². The average Bonchev–Trinajstić information content (AvgIpc) is 3.22. The number of imidazole rings is 1. The molecular weight excluding hydrogens is 450 g/mol. The lowest BCUT2D eigenvalue weighted by Crippen LogP contribution is -2.55. The Morgan fingerprint density at radius 3 is 2.27 bits per heavy atom. The van der Waals surface area contributed by atoms with Crippen LogP contribution in [0.3, 0.4) is 0 Å². The molecule has 37 heavy (non-hydrogen) atoms. The second kappa shape index (κ2) is 7.90. The molecule has 4 aromatic rings. The first kappa shape index (κ1) is 24.2. The minimum absolute atomic E-state index is 0.0679. The maximum atomic E-state index is 4.82. The van der Waals surface area contributed by atoms with Gasteiger partial charge in [0, 0.05) is 17.5 Å². The van der Waals surface area contributed by atoms with E-state index in [-0.39, 0.29) is 16.4 Å². The van der Waals surface area contributed by atoms with Crippen LogP contribution in [0.1, 0.15) is 88.8 Å². The average molecular weight is 491 g/mol. The minimum Gasteiger partial charge on any atom is -0.261 e. The molecule has 0 N–H and O–H groups in total. The summed E-state index contributed by atoms with van der Waals surface area (Å²) in [7, 11) is 0. The third-order valence-electron chi connectivity index (χ3n) is 9.17. The van der Waals surface area contributed by atoms with Crippen molar-refractivity contribution in [3.05, 3.63) is 82.7 Å². The topological polar surface area (TPSA) is 21.7 Å². The largest absolute Gasteiger partial charge is 0.298 e. The van der Waals surface area contributed by atoms with E-state index in [1.807, 2.05) is 0 Å². The summed E-state index contributed by atoms with van der Waals surface area (Å²) < 4.78 is 5.24. The van der Waals surface area contributed by atoms with Gasteiger partial charge >= 0.3 is 0 Å². The Hall–Kier alpha value is -3.20. The van der Waals surface area contributed by atoms with Crippen LogP contribution in [0.25, 0.3) is 34.2 Å². The van der Waals surface area contributed by atoms with Gasteiger partial charge in [0.05, 0.1) is 5.56 Å². The minimum atomic E-state index is -0.126. The van der Waals surface area contributed by atoms with Crippen molar-refractivity contribution < 1.29 is 4.57 Å². The van der Waals surface area contributed by atoms with E-state index in [1.165, 1.54) is 50.4 Å². The first-order chi connectivity index (χ1) is 17.5. The molecule has 2 aliphatic rings. The van der Waals surface area contributed by atoms with E-state index in [2.05, 4.69) is 125 Å². The predicted molar refractivity (Wildman–Crippen MR) is 154 cm³/mol. The highest BCUT2D eigenvalue weighted by atomic mass is 15.2. The highest BCUT2D eigenvalue weighted by Crippen LogP contribution is 2.54. The van der Waals surface area contributed by atoms with Gasteiger partial charge in [0.15, 0.2) is 11.0 Å². The molecule has 3 nitrogen and oxygen atoms in total. The Labute approximate surface area is 221 Å². The number of benzene rings is 2. The van der Waals surface area contributed by atoms with Crippen molar-refractivity contribution >= 4 is 17.1 Å². The number of hydrogen-bond acceptors (Lipinski definition) is 1. The lowest BCUT2D eigenvalue weighted by Gasteiger charge is -2.26. The monoisotopic (exact) mass is 490 g/mol. The molecule has 2 aromatic carbocycles.